The lowest BCUT2D eigenvalue weighted by atomic mass is 9.96. The van der Waals surface area contributed by atoms with Crippen LogP contribution in [-0.2, 0) is 0 Å². The van der Waals surface area contributed by atoms with E-state index in [4.69, 9.17) is 4.74 Å². The van der Waals surface area contributed by atoms with Crippen LogP contribution in [0.3, 0.4) is 0 Å². The predicted octanol–water partition coefficient (Wildman–Crippen LogP) is 4.61. The summed E-state index contributed by atoms with van der Waals surface area (Å²) in [5.41, 5.74) is 4.36. The normalized spacial score (nSPS) is 10.4. The van der Waals surface area contributed by atoms with Gasteiger partial charge in [-0.05, 0) is 67.8 Å². The van der Waals surface area contributed by atoms with Gasteiger partial charge in [-0.2, -0.15) is 0 Å². The molecule has 0 atom stereocenters. The zero-order valence-electron chi connectivity index (χ0n) is 12.1. The van der Waals surface area contributed by atoms with Gasteiger partial charge in [-0.3, -0.25) is 4.79 Å². The van der Waals surface area contributed by atoms with Crippen molar-refractivity contribution in [2.75, 3.05) is 7.11 Å². The van der Waals surface area contributed by atoms with Crippen molar-refractivity contribution in [2.45, 2.75) is 20.8 Å². The summed E-state index contributed by atoms with van der Waals surface area (Å²) in [7, 11) is 1.65. The fraction of sp³-hybridized carbons (Fsp3) is 0.235. The van der Waals surface area contributed by atoms with Crippen molar-refractivity contribution in [2.24, 2.45) is 0 Å². The number of halogens is 1. The highest BCUT2D eigenvalue weighted by atomic mass is 79.9. The maximum Gasteiger partial charge on any atom is 0.193 e. The summed E-state index contributed by atoms with van der Waals surface area (Å²) < 4.78 is 6.32. The maximum absolute atomic E-state index is 12.6. The van der Waals surface area contributed by atoms with E-state index in [1.165, 1.54) is 0 Å². The summed E-state index contributed by atoms with van der Waals surface area (Å²) in [4.78, 5) is 12.6. The highest BCUT2D eigenvalue weighted by Gasteiger charge is 2.15. The van der Waals surface area contributed by atoms with Crippen LogP contribution in [0.5, 0.6) is 5.75 Å². The van der Waals surface area contributed by atoms with Gasteiger partial charge in [0.25, 0.3) is 0 Å². The fourth-order valence-electron chi connectivity index (χ4n) is 2.44. The maximum atomic E-state index is 12.6. The molecule has 2 nitrogen and oxygen atoms in total. The molecule has 0 aliphatic carbocycles. The molecule has 3 heteroatoms. The van der Waals surface area contributed by atoms with E-state index in [0.29, 0.717) is 5.56 Å². The van der Waals surface area contributed by atoms with Crippen molar-refractivity contribution in [1.29, 1.82) is 0 Å². The van der Waals surface area contributed by atoms with E-state index in [0.717, 1.165) is 32.5 Å². The topological polar surface area (TPSA) is 26.3 Å². The number of rotatable bonds is 3. The minimum Gasteiger partial charge on any atom is -0.496 e. The molecule has 0 aliphatic heterocycles. The number of hydrogen-bond acceptors (Lipinski definition) is 2. The van der Waals surface area contributed by atoms with Crippen LogP contribution in [0.25, 0.3) is 0 Å². The van der Waals surface area contributed by atoms with Crippen LogP contribution in [-0.4, -0.2) is 12.9 Å². The van der Waals surface area contributed by atoms with Crippen molar-refractivity contribution < 1.29 is 9.53 Å². The molecule has 0 bridgehead atoms. The van der Waals surface area contributed by atoms with E-state index in [1.807, 2.05) is 51.1 Å². The summed E-state index contributed by atoms with van der Waals surface area (Å²) in [5, 5.41) is 0. The average Bonchev–Trinajstić information content (AvgIpc) is 2.37. The van der Waals surface area contributed by atoms with Crippen molar-refractivity contribution in [1.82, 2.24) is 0 Å². The van der Waals surface area contributed by atoms with Gasteiger partial charge >= 0.3 is 0 Å². The molecule has 0 amide bonds. The third kappa shape index (κ3) is 2.78. The lowest BCUT2D eigenvalue weighted by Gasteiger charge is -2.12. The number of aryl methyl sites for hydroxylation is 3. The molecule has 0 fully saturated rings. The first-order valence-corrected chi connectivity index (χ1v) is 7.19. The van der Waals surface area contributed by atoms with Crippen LogP contribution in [0, 0.1) is 20.8 Å². The van der Waals surface area contributed by atoms with E-state index in [-0.39, 0.29) is 5.78 Å². The van der Waals surface area contributed by atoms with Gasteiger partial charge in [0.1, 0.15) is 5.75 Å². The first kappa shape index (κ1) is 14.8. The number of carbonyl (C=O) groups is 1. The van der Waals surface area contributed by atoms with Gasteiger partial charge in [-0.25, -0.2) is 0 Å². The van der Waals surface area contributed by atoms with Crippen LogP contribution >= 0.6 is 15.9 Å². The number of methoxy groups -OCH3 is 1. The molecule has 0 saturated carbocycles. The Labute approximate surface area is 127 Å². The van der Waals surface area contributed by atoms with Crippen molar-refractivity contribution in [3.63, 3.8) is 0 Å². The van der Waals surface area contributed by atoms with Gasteiger partial charge in [0.2, 0.25) is 0 Å². The Bertz CT molecular complexity index is 652. The number of hydrogen-bond donors (Lipinski definition) is 0. The Kier molecular flexibility index (Phi) is 4.29. The molecule has 104 valence electrons. The highest BCUT2D eigenvalue weighted by Crippen LogP contribution is 2.26. The lowest BCUT2D eigenvalue weighted by molar-refractivity contribution is 0.103. The quantitative estimate of drug-likeness (QED) is 0.767. The van der Waals surface area contributed by atoms with Crippen molar-refractivity contribution >= 4 is 21.7 Å². The molecular formula is C17H17BrO2. The third-order valence-corrected chi connectivity index (χ3v) is 3.85. The predicted molar refractivity (Wildman–Crippen MR) is 84.8 cm³/mol. The largest absolute Gasteiger partial charge is 0.496 e. The average molecular weight is 333 g/mol. The lowest BCUT2D eigenvalue weighted by Crippen LogP contribution is -2.05. The Hall–Kier alpha value is -1.61. The zero-order valence-corrected chi connectivity index (χ0v) is 13.7. The number of ether oxygens (including phenoxy) is 1. The van der Waals surface area contributed by atoms with E-state index in [2.05, 4.69) is 15.9 Å². The van der Waals surface area contributed by atoms with Gasteiger partial charge in [-0.1, -0.05) is 15.9 Å². The van der Waals surface area contributed by atoms with Gasteiger partial charge in [0, 0.05) is 15.6 Å². The van der Waals surface area contributed by atoms with E-state index in [9.17, 15) is 4.79 Å². The first-order chi connectivity index (χ1) is 9.43. The van der Waals surface area contributed by atoms with E-state index < -0.39 is 0 Å². The van der Waals surface area contributed by atoms with Crippen molar-refractivity contribution in [3.8, 4) is 5.75 Å². The van der Waals surface area contributed by atoms with Crippen LogP contribution in [0.4, 0.5) is 0 Å². The van der Waals surface area contributed by atoms with Crippen LogP contribution in [0.15, 0.2) is 34.8 Å². The monoisotopic (exact) mass is 332 g/mol. The third-order valence-electron chi connectivity index (χ3n) is 3.36. The molecule has 0 saturated heterocycles. The molecule has 0 radical (unpaired) electrons. The van der Waals surface area contributed by atoms with E-state index >= 15 is 0 Å². The Morgan fingerprint density at radius 3 is 2.10 bits per heavy atom. The summed E-state index contributed by atoms with van der Waals surface area (Å²) >= 11 is 3.42. The zero-order chi connectivity index (χ0) is 14.9. The standard InChI is InChI=1S/C17H17BrO2/c1-10-9-14(18)5-6-15(10)16(19)13-7-11(2)17(20-4)12(3)8-13/h5-9H,1-4H3. The fourth-order valence-corrected chi connectivity index (χ4v) is 2.92. The second-order valence-electron chi connectivity index (χ2n) is 4.93. The first-order valence-electron chi connectivity index (χ1n) is 6.40. The van der Waals surface area contributed by atoms with Gasteiger partial charge in [0.05, 0.1) is 7.11 Å². The van der Waals surface area contributed by atoms with Gasteiger partial charge in [0.15, 0.2) is 5.78 Å². The molecule has 0 aromatic heterocycles. The van der Waals surface area contributed by atoms with E-state index in [1.54, 1.807) is 7.11 Å². The Balaban J connectivity index is 2.49. The van der Waals surface area contributed by atoms with Gasteiger partial charge < -0.3 is 4.74 Å². The molecule has 20 heavy (non-hydrogen) atoms. The number of benzene rings is 2. The molecule has 0 unspecified atom stereocenters. The SMILES string of the molecule is COc1c(C)cc(C(=O)c2ccc(Br)cc2C)cc1C. The number of ketones is 1. The molecule has 2 aromatic rings. The minimum atomic E-state index is 0.0452. The molecule has 2 rings (SSSR count). The Morgan fingerprint density at radius 1 is 1.00 bits per heavy atom. The highest BCUT2D eigenvalue weighted by molar-refractivity contribution is 9.10. The summed E-state index contributed by atoms with van der Waals surface area (Å²) in [6.07, 6.45) is 0. The second-order valence-corrected chi connectivity index (χ2v) is 5.85. The van der Waals surface area contributed by atoms with Crippen LogP contribution in [0.1, 0.15) is 32.6 Å². The summed E-state index contributed by atoms with van der Waals surface area (Å²) in [6.45, 7) is 5.86. The molecule has 0 N–H and O–H groups in total. The molecule has 0 heterocycles. The molecule has 0 aliphatic rings. The van der Waals surface area contributed by atoms with Gasteiger partial charge in [-0.15, -0.1) is 0 Å². The second kappa shape index (κ2) is 5.80. The summed E-state index contributed by atoms with van der Waals surface area (Å²) in [6, 6.07) is 9.47. The minimum absolute atomic E-state index is 0.0452. The number of carbonyl (C=O) groups excluding carboxylic acids is 1. The smallest absolute Gasteiger partial charge is 0.193 e. The van der Waals surface area contributed by atoms with Crippen molar-refractivity contribution in [3.05, 3.63) is 62.6 Å². The molecule has 0 spiro atoms. The van der Waals surface area contributed by atoms with Crippen LogP contribution < -0.4 is 4.74 Å². The molecular weight excluding hydrogens is 316 g/mol. The Morgan fingerprint density at radius 2 is 1.60 bits per heavy atom. The molecule has 2 aromatic carbocycles. The van der Waals surface area contributed by atoms with Crippen LogP contribution in [0.2, 0.25) is 0 Å². The summed E-state index contributed by atoms with van der Waals surface area (Å²) in [5.74, 6) is 0.887.